The van der Waals surface area contributed by atoms with Gasteiger partial charge in [0, 0.05) is 30.2 Å². The molecule has 0 bridgehead atoms. The number of fused-ring (bicyclic) bond motifs is 6. The summed E-state index contributed by atoms with van der Waals surface area (Å²) in [7, 11) is 0. The highest BCUT2D eigenvalue weighted by Gasteiger charge is 2.31. The van der Waals surface area contributed by atoms with Crippen molar-refractivity contribution in [3.63, 3.8) is 0 Å². The molecule has 5 rings (SSSR count). The molecule has 1 aromatic heterocycles. The van der Waals surface area contributed by atoms with E-state index in [1.165, 1.54) is 16.5 Å². The van der Waals surface area contributed by atoms with Gasteiger partial charge in [-0.15, -0.1) is 0 Å². The molecule has 0 unspecified atom stereocenters. The van der Waals surface area contributed by atoms with Crippen LogP contribution >= 0.6 is 0 Å². The van der Waals surface area contributed by atoms with Crippen molar-refractivity contribution < 1.29 is 9.15 Å². The molecule has 0 atom stereocenters. The zero-order chi connectivity index (χ0) is 18.4. The van der Waals surface area contributed by atoms with Crippen molar-refractivity contribution in [1.29, 1.82) is 0 Å². The van der Waals surface area contributed by atoms with Crippen LogP contribution in [0.1, 0.15) is 19.4 Å². The molecule has 4 aromatic rings. The zero-order valence-corrected chi connectivity index (χ0v) is 15.7. The van der Waals surface area contributed by atoms with Crippen LogP contribution in [0, 0.1) is 0 Å². The molecule has 3 nitrogen and oxygen atoms in total. The van der Waals surface area contributed by atoms with Crippen LogP contribution in [0.15, 0.2) is 65.1 Å². The lowest BCUT2D eigenvalue weighted by Gasteiger charge is -2.21. The van der Waals surface area contributed by atoms with Crippen LogP contribution in [0.3, 0.4) is 0 Å². The van der Waals surface area contributed by atoms with Crippen molar-refractivity contribution in [2.45, 2.75) is 20.5 Å². The second kappa shape index (κ2) is 6.27. The standard InChI is InChI=1S/C24H22NO2/c1-3-25(4-2)19-10-12-21-17(14-19)13-18-15-26-22-11-9-16-7-5-6-8-20(16)23(22)24(18)27-21/h5-14H,3-4,15H2,1-2H3/q+1. The van der Waals surface area contributed by atoms with E-state index in [4.69, 9.17) is 9.15 Å². The fraction of sp³-hybridized carbons (Fsp3) is 0.208. The molecule has 0 spiro atoms. The molecule has 0 radical (unpaired) electrons. The molecule has 0 saturated heterocycles. The summed E-state index contributed by atoms with van der Waals surface area (Å²) in [6.07, 6.45) is 0. The summed E-state index contributed by atoms with van der Waals surface area (Å²) < 4.78 is 12.5. The van der Waals surface area contributed by atoms with Gasteiger partial charge in [-0.05, 0) is 43.5 Å². The topological polar surface area (TPSA) is 23.8 Å². The second-order valence-electron chi connectivity index (χ2n) is 6.94. The van der Waals surface area contributed by atoms with Gasteiger partial charge in [0.1, 0.15) is 17.9 Å². The van der Waals surface area contributed by atoms with E-state index in [1.54, 1.807) is 0 Å². The molecule has 0 aliphatic carbocycles. The van der Waals surface area contributed by atoms with Crippen molar-refractivity contribution >= 4 is 27.4 Å². The van der Waals surface area contributed by atoms with Crippen molar-refractivity contribution in [3.8, 4) is 17.1 Å². The normalized spacial score (nSPS) is 12.5. The first-order valence-corrected chi connectivity index (χ1v) is 9.58. The first kappa shape index (κ1) is 16.1. The molecule has 0 saturated carbocycles. The Morgan fingerprint density at radius 1 is 0.926 bits per heavy atom. The first-order chi connectivity index (χ1) is 13.3. The fourth-order valence-corrected chi connectivity index (χ4v) is 4.04. The lowest BCUT2D eigenvalue weighted by atomic mass is 9.96. The molecule has 0 amide bonds. The largest absolute Gasteiger partial charge is 0.488 e. The van der Waals surface area contributed by atoms with Crippen LogP contribution in [0.2, 0.25) is 0 Å². The summed E-state index contributed by atoms with van der Waals surface area (Å²) in [5, 5.41) is 3.48. The van der Waals surface area contributed by atoms with Gasteiger partial charge in [0.15, 0.2) is 0 Å². The van der Waals surface area contributed by atoms with Crippen LogP contribution < -0.4 is 9.64 Å². The number of hydrogen-bond acceptors (Lipinski definition) is 2. The Morgan fingerprint density at radius 3 is 2.63 bits per heavy atom. The van der Waals surface area contributed by atoms with Gasteiger partial charge in [0.25, 0.3) is 0 Å². The van der Waals surface area contributed by atoms with E-state index in [0.29, 0.717) is 6.61 Å². The van der Waals surface area contributed by atoms with Gasteiger partial charge in [-0.2, -0.15) is 0 Å². The Bertz CT molecular complexity index is 1160. The molecule has 1 aliphatic heterocycles. The van der Waals surface area contributed by atoms with E-state index >= 15 is 0 Å². The summed E-state index contributed by atoms with van der Waals surface area (Å²) in [5.41, 5.74) is 4.29. The van der Waals surface area contributed by atoms with Gasteiger partial charge in [-0.3, -0.25) is 0 Å². The van der Waals surface area contributed by atoms with E-state index in [0.717, 1.165) is 46.7 Å². The van der Waals surface area contributed by atoms with Crippen molar-refractivity contribution in [1.82, 2.24) is 0 Å². The van der Waals surface area contributed by atoms with Crippen LogP contribution in [0.4, 0.5) is 5.69 Å². The summed E-state index contributed by atoms with van der Waals surface area (Å²) >= 11 is 0. The third-order valence-corrected chi connectivity index (χ3v) is 5.46. The molecular weight excluding hydrogens is 334 g/mol. The number of ether oxygens (including phenoxy) is 1. The summed E-state index contributed by atoms with van der Waals surface area (Å²) in [6.45, 7) is 6.89. The van der Waals surface area contributed by atoms with Crippen molar-refractivity contribution in [3.05, 3.63) is 66.2 Å². The van der Waals surface area contributed by atoms with Gasteiger partial charge in [-0.1, -0.05) is 30.3 Å². The number of rotatable bonds is 3. The first-order valence-electron chi connectivity index (χ1n) is 9.58. The zero-order valence-electron chi connectivity index (χ0n) is 15.7. The fourth-order valence-electron chi connectivity index (χ4n) is 4.04. The minimum Gasteiger partial charge on any atom is -0.488 e. The lowest BCUT2D eigenvalue weighted by Crippen LogP contribution is -2.21. The molecular formula is C24H22NO2+. The average molecular weight is 356 g/mol. The maximum absolute atomic E-state index is 6.42. The average Bonchev–Trinajstić information content (AvgIpc) is 2.72. The Balaban J connectivity index is 1.73. The predicted octanol–water partition coefficient (Wildman–Crippen LogP) is 6.27. The molecule has 27 heavy (non-hydrogen) atoms. The number of benzene rings is 3. The van der Waals surface area contributed by atoms with E-state index in [-0.39, 0.29) is 0 Å². The van der Waals surface area contributed by atoms with Crippen molar-refractivity contribution in [2.75, 3.05) is 18.0 Å². The Kier molecular flexibility index (Phi) is 3.75. The maximum atomic E-state index is 6.42. The monoisotopic (exact) mass is 356 g/mol. The lowest BCUT2D eigenvalue weighted by molar-refractivity contribution is 0.297. The molecule has 0 fully saturated rings. The molecule has 3 heteroatoms. The maximum Gasteiger partial charge on any atom is 0.371 e. The van der Waals surface area contributed by atoms with Gasteiger partial charge in [0.05, 0.1) is 10.9 Å². The molecule has 0 N–H and O–H groups in total. The van der Waals surface area contributed by atoms with E-state index < -0.39 is 0 Å². The summed E-state index contributed by atoms with van der Waals surface area (Å²) in [4.78, 5) is 2.35. The van der Waals surface area contributed by atoms with Crippen molar-refractivity contribution in [2.24, 2.45) is 0 Å². The molecule has 1 aliphatic rings. The smallest absolute Gasteiger partial charge is 0.371 e. The van der Waals surface area contributed by atoms with E-state index in [2.05, 4.69) is 73.3 Å². The Hall–Kier alpha value is -3.07. The van der Waals surface area contributed by atoms with Gasteiger partial charge in [0.2, 0.25) is 0 Å². The van der Waals surface area contributed by atoms with Crippen LogP contribution in [-0.2, 0) is 6.61 Å². The molecule has 3 aromatic carbocycles. The quantitative estimate of drug-likeness (QED) is 0.404. The molecule has 2 heterocycles. The minimum absolute atomic E-state index is 0.537. The van der Waals surface area contributed by atoms with Crippen LogP contribution in [0.5, 0.6) is 5.75 Å². The predicted molar refractivity (Wildman–Crippen MR) is 111 cm³/mol. The highest BCUT2D eigenvalue weighted by atomic mass is 16.5. The van der Waals surface area contributed by atoms with E-state index in [9.17, 15) is 0 Å². The number of anilines is 1. The van der Waals surface area contributed by atoms with Gasteiger partial charge in [-0.25, -0.2) is 4.42 Å². The van der Waals surface area contributed by atoms with Crippen LogP contribution in [0.25, 0.3) is 33.1 Å². The number of nitrogens with zero attached hydrogens (tertiary/aromatic N) is 1. The number of hydrogen-bond donors (Lipinski definition) is 0. The highest BCUT2D eigenvalue weighted by molar-refractivity contribution is 6.00. The van der Waals surface area contributed by atoms with E-state index in [1.807, 2.05) is 6.07 Å². The third-order valence-electron chi connectivity index (χ3n) is 5.46. The summed E-state index contributed by atoms with van der Waals surface area (Å²) in [5.74, 6) is 1.82. The minimum atomic E-state index is 0.537. The van der Waals surface area contributed by atoms with Crippen LogP contribution in [-0.4, -0.2) is 13.1 Å². The summed E-state index contributed by atoms with van der Waals surface area (Å²) in [6, 6.07) is 21.2. The Labute approximate surface area is 158 Å². The highest BCUT2D eigenvalue weighted by Crippen LogP contribution is 2.43. The Morgan fingerprint density at radius 2 is 1.78 bits per heavy atom. The third kappa shape index (κ3) is 2.54. The molecule has 134 valence electrons. The SMILES string of the molecule is CCN(CC)c1ccc2[o+]c3c(cc2c1)COc1ccc2ccccc2c1-3. The second-order valence-corrected chi connectivity index (χ2v) is 6.94. The van der Waals surface area contributed by atoms with Gasteiger partial charge < -0.3 is 9.64 Å². The van der Waals surface area contributed by atoms with Gasteiger partial charge >= 0.3 is 11.3 Å².